The van der Waals surface area contributed by atoms with E-state index in [4.69, 9.17) is 10.00 Å². The summed E-state index contributed by atoms with van der Waals surface area (Å²) in [6, 6.07) is 11.1. The van der Waals surface area contributed by atoms with E-state index in [2.05, 4.69) is 37.3 Å². The van der Waals surface area contributed by atoms with Crippen molar-refractivity contribution < 1.29 is 9.53 Å². The Labute approximate surface area is 163 Å². The van der Waals surface area contributed by atoms with Crippen molar-refractivity contribution in [3.05, 3.63) is 47.5 Å². The maximum atomic E-state index is 12.5. The SMILES string of the molecule is CCc1ccc(C2CCC(OC(=O)C3CCC(C=CC#N)CC3)CC2)cc1. The summed E-state index contributed by atoms with van der Waals surface area (Å²) in [7, 11) is 0. The number of esters is 1. The van der Waals surface area contributed by atoms with Gasteiger partial charge in [0, 0.05) is 6.08 Å². The molecule has 0 amide bonds. The van der Waals surface area contributed by atoms with Gasteiger partial charge in [-0.25, -0.2) is 0 Å². The van der Waals surface area contributed by atoms with E-state index in [-0.39, 0.29) is 18.0 Å². The van der Waals surface area contributed by atoms with Crippen molar-refractivity contribution in [1.29, 1.82) is 5.26 Å². The average Bonchev–Trinajstić information content (AvgIpc) is 2.73. The molecule has 2 aliphatic carbocycles. The van der Waals surface area contributed by atoms with Gasteiger partial charge in [0.25, 0.3) is 0 Å². The van der Waals surface area contributed by atoms with E-state index in [0.717, 1.165) is 57.8 Å². The minimum absolute atomic E-state index is 0.00783. The number of hydrogen-bond donors (Lipinski definition) is 0. The van der Waals surface area contributed by atoms with Gasteiger partial charge in [-0.3, -0.25) is 4.79 Å². The highest BCUT2D eigenvalue weighted by Gasteiger charge is 2.30. The second-order valence-corrected chi connectivity index (χ2v) is 8.11. The number of rotatable bonds is 5. The van der Waals surface area contributed by atoms with Gasteiger partial charge in [0.2, 0.25) is 0 Å². The highest BCUT2D eigenvalue weighted by molar-refractivity contribution is 5.72. The Kier molecular flexibility index (Phi) is 7.10. The lowest BCUT2D eigenvalue weighted by atomic mass is 9.81. The van der Waals surface area contributed by atoms with E-state index in [0.29, 0.717) is 11.8 Å². The Balaban J connectivity index is 1.42. The number of nitriles is 1. The van der Waals surface area contributed by atoms with Crippen LogP contribution in [0.15, 0.2) is 36.4 Å². The van der Waals surface area contributed by atoms with Gasteiger partial charge in [-0.1, -0.05) is 37.3 Å². The maximum absolute atomic E-state index is 12.5. The Hall–Kier alpha value is -2.08. The monoisotopic (exact) mass is 365 g/mol. The summed E-state index contributed by atoms with van der Waals surface area (Å²) in [6.45, 7) is 2.18. The van der Waals surface area contributed by atoms with Gasteiger partial charge in [-0.15, -0.1) is 0 Å². The lowest BCUT2D eigenvalue weighted by molar-refractivity contribution is -0.157. The van der Waals surface area contributed by atoms with Crippen LogP contribution in [-0.4, -0.2) is 12.1 Å². The van der Waals surface area contributed by atoms with Crippen LogP contribution >= 0.6 is 0 Å². The summed E-state index contributed by atoms with van der Waals surface area (Å²) in [5.41, 5.74) is 2.82. The molecule has 2 aliphatic rings. The molecule has 1 aromatic rings. The quantitative estimate of drug-likeness (QED) is 0.496. The second kappa shape index (κ2) is 9.74. The number of carbonyl (C=O) groups is 1. The summed E-state index contributed by atoms with van der Waals surface area (Å²) in [5, 5.41) is 8.62. The van der Waals surface area contributed by atoms with E-state index in [1.807, 2.05) is 6.08 Å². The number of ether oxygens (including phenoxy) is 1. The summed E-state index contributed by atoms with van der Waals surface area (Å²) in [5.74, 6) is 1.11. The van der Waals surface area contributed by atoms with Crippen molar-refractivity contribution in [2.75, 3.05) is 0 Å². The van der Waals surface area contributed by atoms with Crippen LogP contribution in [0.4, 0.5) is 0 Å². The number of nitrogens with zero attached hydrogens (tertiary/aromatic N) is 1. The van der Waals surface area contributed by atoms with Gasteiger partial charge in [-0.2, -0.15) is 5.26 Å². The molecule has 144 valence electrons. The molecule has 0 heterocycles. The molecule has 0 spiro atoms. The molecule has 0 aliphatic heterocycles. The van der Waals surface area contributed by atoms with Gasteiger partial charge in [-0.05, 0) is 80.8 Å². The summed E-state index contributed by atoms with van der Waals surface area (Å²) < 4.78 is 5.86. The van der Waals surface area contributed by atoms with Crippen molar-refractivity contribution in [2.45, 2.75) is 76.7 Å². The lowest BCUT2D eigenvalue weighted by Gasteiger charge is -2.31. The molecule has 3 rings (SSSR count). The van der Waals surface area contributed by atoms with Crippen molar-refractivity contribution >= 4 is 5.97 Å². The number of aryl methyl sites for hydroxylation is 1. The molecule has 2 saturated carbocycles. The number of hydrogen-bond acceptors (Lipinski definition) is 3. The predicted molar refractivity (Wildman–Crippen MR) is 107 cm³/mol. The molecule has 0 unspecified atom stereocenters. The standard InChI is InChI=1S/C24H31NO2/c1-2-18-5-9-20(10-6-18)21-13-15-23(16-14-21)27-24(26)22-11-7-19(8-12-22)4-3-17-25/h3-6,9-10,19,21-23H,2,7-8,11-16H2,1H3. The highest BCUT2D eigenvalue weighted by Crippen LogP contribution is 2.36. The van der Waals surface area contributed by atoms with Crippen molar-refractivity contribution in [1.82, 2.24) is 0 Å². The Morgan fingerprint density at radius 3 is 2.33 bits per heavy atom. The molecule has 0 saturated heterocycles. The zero-order valence-electron chi connectivity index (χ0n) is 16.4. The van der Waals surface area contributed by atoms with E-state index in [1.54, 1.807) is 6.08 Å². The van der Waals surface area contributed by atoms with Crippen LogP contribution in [0.3, 0.4) is 0 Å². The first-order chi connectivity index (χ1) is 13.2. The van der Waals surface area contributed by atoms with Gasteiger partial charge < -0.3 is 4.74 Å². The minimum atomic E-state index is 0.00783. The number of allylic oxidation sites excluding steroid dienone is 2. The molecule has 0 bridgehead atoms. The van der Waals surface area contributed by atoms with Gasteiger partial charge >= 0.3 is 5.97 Å². The van der Waals surface area contributed by atoms with Crippen molar-refractivity contribution in [3.8, 4) is 6.07 Å². The van der Waals surface area contributed by atoms with Crippen molar-refractivity contribution in [2.24, 2.45) is 11.8 Å². The molecule has 27 heavy (non-hydrogen) atoms. The molecule has 2 fully saturated rings. The summed E-state index contributed by atoms with van der Waals surface area (Å²) in [4.78, 5) is 12.5. The third-order valence-electron chi connectivity index (χ3n) is 6.36. The fraction of sp³-hybridized carbons (Fsp3) is 0.583. The number of carbonyl (C=O) groups excluding carboxylic acids is 1. The molecule has 3 nitrogen and oxygen atoms in total. The summed E-state index contributed by atoms with van der Waals surface area (Å²) in [6.07, 6.45) is 12.6. The van der Waals surface area contributed by atoms with Crippen molar-refractivity contribution in [3.63, 3.8) is 0 Å². The Morgan fingerprint density at radius 1 is 1.07 bits per heavy atom. The molecular formula is C24H31NO2. The van der Waals surface area contributed by atoms with E-state index < -0.39 is 0 Å². The molecule has 3 heteroatoms. The molecule has 1 aromatic carbocycles. The third-order valence-corrected chi connectivity index (χ3v) is 6.36. The van der Waals surface area contributed by atoms with Crippen LogP contribution in [0.5, 0.6) is 0 Å². The zero-order valence-corrected chi connectivity index (χ0v) is 16.4. The van der Waals surface area contributed by atoms with Gasteiger partial charge in [0.1, 0.15) is 6.10 Å². The summed E-state index contributed by atoms with van der Waals surface area (Å²) >= 11 is 0. The molecular weight excluding hydrogens is 334 g/mol. The van der Waals surface area contributed by atoms with Crippen LogP contribution in [-0.2, 0) is 16.0 Å². The second-order valence-electron chi connectivity index (χ2n) is 8.11. The first-order valence-electron chi connectivity index (χ1n) is 10.5. The average molecular weight is 366 g/mol. The normalized spacial score (nSPS) is 28.6. The van der Waals surface area contributed by atoms with Crippen LogP contribution in [0.1, 0.15) is 75.3 Å². The van der Waals surface area contributed by atoms with Crippen LogP contribution < -0.4 is 0 Å². The minimum Gasteiger partial charge on any atom is -0.462 e. The molecule has 0 atom stereocenters. The fourth-order valence-electron chi connectivity index (χ4n) is 4.53. The van der Waals surface area contributed by atoms with Crippen LogP contribution in [0.25, 0.3) is 0 Å². The van der Waals surface area contributed by atoms with E-state index in [1.165, 1.54) is 11.1 Å². The van der Waals surface area contributed by atoms with Crippen LogP contribution in [0.2, 0.25) is 0 Å². The van der Waals surface area contributed by atoms with E-state index >= 15 is 0 Å². The topological polar surface area (TPSA) is 50.1 Å². The third kappa shape index (κ3) is 5.45. The highest BCUT2D eigenvalue weighted by atomic mass is 16.5. The van der Waals surface area contributed by atoms with E-state index in [9.17, 15) is 4.79 Å². The lowest BCUT2D eigenvalue weighted by Crippen LogP contribution is -2.29. The fourth-order valence-corrected chi connectivity index (χ4v) is 4.53. The van der Waals surface area contributed by atoms with Gasteiger partial charge in [0.05, 0.1) is 12.0 Å². The first kappa shape index (κ1) is 19.7. The first-order valence-corrected chi connectivity index (χ1v) is 10.5. The van der Waals surface area contributed by atoms with Gasteiger partial charge in [0.15, 0.2) is 0 Å². The smallest absolute Gasteiger partial charge is 0.309 e. The largest absolute Gasteiger partial charge is 0.462 e. The molecule has 0 N–H and O–H groups in total. The Bertz CT molecular complexity index is 669. The molecule has 0 radical (unpaired) electrons. The maximum Gasteiger partial charge on any atom is 0.309 e. The molecule has 0 aromatic heterocycles. The predicted octanol–water partition coefficient (Wildman–Crippen LogP) is 5.70. The number of benzene rings is 1. The Morgan fingerprint density at radius 2 is 1.74 bits per heavy atom. The zero-order chi connectivity index (χ0) is 19.1. The van der Waals surface area contributed by atoms with Crippen LogP contribution in [0, 0.1) is 23.2 Å².